The van der Waals surface area contributed by atoms with Crippen molar-refractivity contribution >= 4 is 35.1 Å². The molecule has 2 aromatic carbocycles. The smallest absolute Gasteiger partial charge is 0.257 e. The van der Waals surface area contributed by atoms with E-state index in [-0.39, 0.29) is 5.91 Å². The molecule has 2 saturated carbocycles. The molecule has 2 fully saturated rings. The van der Waals surface area contributed by atoms with Crippen molar-refractivity contribution in [2.24, 2.45) is 17.8 Å². The fraction of sp³-hybridized carbons (Fsp3) is 0.417. The lowest BCUT2D eigenvalue weighted by atomic mass is 9.69. The molecule has 1 amide bonds. The molecule has 0 saturated heterocycles. The first-order valence-corrected chi connectivity index (χ1v) is 16.6. The molecule has 2 nitrogen and oxygen atoms in total. The summed E-state index contributed by atoms with van der Waals surface area (Å²) in [6.07, 6.45) is 16.3. The highest BCUT2D eigenvalue weighted by atomic mass is 32.2. The molecule has 0 bridgehead atoms. The minimum atomic E-state index is -0.104. The highest BCUT2D eigenvalue weighted by Gasteiger charge is 2.32. The van der Waals surface area contributed by atoms with Crippen molar-refractivity contribution in [3.05, 3.63) is 100 Å². The van der Waals surface area contributed by atoms with Gasteiger partial charge in [-0.3, -0.25) is 4.79 Å². The second-order valence-electron chi connectivity index (χ2n) is 11.8. The number of carbonyl (C=O) groups excluding carboxylic acids is 1. The molecule has 2 aliphatic carbocycles. The van der Waals surface area contributed by atoms with Crippen molar-refractivity contribution in [2.75, 3.05) is 5.32 Å². The van der Waals surface area contributed by atoms with Crippen LogP contribution in [-0.2, 0) is 17.6 Å². The second kappa shape index (κ2) is 13.5. The predicted octanol–water partition coefficient (Wildman–Crippen LogP) is 10.5. The standard InChI is InChI=1S/C36H43NOS2/c1-5-12-29-21-22-30(23-25(4)26-17-19-28(20-18-26)27-13-8-6-9-14-27)34-33(29)39-36(40-34)32(24(2)3)35(38)37-31-15-10-7-11-16-31/h5,7,10-11,15-16,21-22,26-28H,1-2,4,6,8-9,12-14,17-20,23H2,3H3,(H,37,38)/b36-32-. The van der Waals surface area contributed by atoms with Gasteiger partial charge in [-0.25, -0.2) is 0 Å². The normalized spacial score (nSPS) is 22.3. The minimum Gasteiger partial charge on any atom is -0.322 e. The van der Waals surface area contributed by atoms with Crippen molar-refractivity contribution in [3.63, 3.8) is 0 Å². The van der Waals surface area contributed by atoms with Crippen LogP contribution in [0.15, 0.2) is 99.0 Å². The van der Waals surface area contributed by atoms with Crippen LogP contribution < -0.4 is 5.32 Å². The first kappa shape index (κ1) is 29.1. The largest absolute Gasteiger partial charge is 0.322 e. The molecular formula is C36H43NOS2. The van der Waals surface area contributed by atoms with Crippen molar-refractivity contribution in [1.82, 2.24) is 0 Å². The number of hydrogen-bond acceptors (Lipinski definition) is 3. The summed E-state index contributed by atoms with van der Waals surface area (Å²) in [5.41, 5.74) is 6.22. The fourth-order valence-corrected chi connectivity index (χ4v) is 9.83. The van der Waals surface area contributed by atoms with Crippen LogP contribution in [0.5, 0.6) is 0 Å². The molecular weight excluding hydrogens is 527 g/mol. The van der Waals surface area contributed by atoms with Gasteiger partial charge in [0.2, 0.25) is 0 Å². The molecule has 0 aromatic heterocycles. The molecule has 3 aliphatic rings. The number of thioether (sulfide) groups is 2. The van der Waals surface area contributed by atoms with Gasteiger partial charge in [0, 0.05) is 15.5 Å². The average molecular weight is 570 g/mol. The first-order chi connectivity index (χ1) is 19.4. The van der Waals surface area contributed by atoms with E-state index in [1.807, 2.05) is 43.3 Å². The highest BCUT2D eigenvalue weighted by molar-refractivity contribution is 8.24. The van der Waals surface area contributed by atoms with Gasteiger partial charge in [0.1, 0.15) is 0 Å². The Balaban J connectivity index is 1.33. The molecule has 0 radical (unpaired) electrons. The summed E-state index contributed by atoms with van der Waals surface area (Å²) < 4.78 is 1.01. The zero-order chi connectivity index (χ0) is 28.1. The van der Waals surface area contributed by atoms with Crippen LogP contribution in [-0.4, -0.2) is 5.91 Å². The number of fused-ring (bicyclic) bond motifs is 1. The Morgan fingerprint density at radius 2 is 1.50 bits per heavy atom. The summed E-state index contributed by atoms with van der Waals surface area (Å²) in [6.45, 7) is 14.7. The van der Waals surface area contributed by atoms with Gasteiger partial charge >= 0.3 is 0 Å². The molecule has 1 heterocycles. The monoisotopic (exact) mass is 569 g/mol. The Kier molecular flexibility index (Phi) is 9.80. The summed E-state index contributed by atoms with van der Waals surface area (Å²) in [6, 6.07) is 14.2. The molecule has 0 spiro atoms. The number of amides is 1. The number of anilines is 1. The van der Waals surface area contributed by atoms with Crippen LogP contribution in [0.3, 0.4) is 0 Å². The number of allylic oxidation sites excluding steroid dienone is 2. The van der Waals surface area contributed by atoms with E-state index in [1.54, 1.807) is 23.5 Å². The molecule has 4 heteroatoms. The van der Waals surface area contributed by atoms with Gasteiger partial charge in [0.05, 0.1) is 9.81 Å². The number of rotatable bonds is 9. The topological polar surface area (TPSA) is 29.1 Å². The lowest BCUT2D eigenvalue weighted by Crippen LogP contribution is -2.24. The van der Waals surface area contributed by atoms with E-state index in [0.717, 1.165) is 40.2 Å². The summed E-state index contributed by atoms with van der Waals surface area (Å²) in [5, 5.41) is 3.07. The molecule has 5 rings (SSSR count). The Hall–Kier alpha value is -2.43. The summed E-state index contributed by atoms with van der Waals surface area (Å²) in [7, 11) is 0. The van der Waals surface area contributed by atoms with Gasteiger partial charge in [-0.1, -0.05) is 111 Å². The molecule has 1 N–H and O–H groups in total. The third-order valence-corrected chi connectivity index (χ3v) is 11.8. The summed E-state index contributed by atoms with van der Waals surface area (Å²) >= 11 is 3.45. The van der Waals surface area contributed by atoms with Crippen LogP contribution in [0, 0.1) is 17.8 Å². The molecule has 210 valence electrons. The van der Waals surface area contributed by atoms with E-state index in [9.17, 15) is 4.79 Å². The van der Waals surface area contributed by atoms with Gasteiger partial charge in [-0.05, 0) is 92.0 Å². The maximum atomic E-state index is 13.4. The quantitative estimate of drug-likeness (QED) is 0.241. The molecule has 0 unspecified atom stereocenters. The Morgan fingerprint density at radius 3 is 2.15 bits per heavy atom. The molecule has 1 aliphatic heterocycles. The van der Waals surface area contributed by atoms with Crippen molar-refractivity contribution < 1.29 is 4.79 Å². The van der Waals surface area contributed by atoms with E-state index in [4.69, 9.17) is 0 Å². The van der Waals surface area contributed by atoms with Gasteiger partial charge in [0.25, 0.3) is 5.91 Å². The van der Waals surface area contributed by atoms with Crippen LogP contribution in [0.25, 0.3) is 0 Å². The number of carbonyl (C=O) groups is 1. The number of hydrogen-bond donors (Lipinski definition) is 1. The third kappa shape index (κ3) is 6.71. The van der Waals surface area contributed by atoms with E-state index in [1.165, 1.54) is 84.3 Å². The number of para-hydroxylation sites is 1. The first-order valence-electron chi connectivity index (χ1n) is 15.0. The van der Waals surface area contributed by atoms with Crippen LogP contribution in [0.1, 0.15) is 75.8 Å². The SMILES string of the molecule is C=CCc1ccc(CC(=C)C2CCC(C3CCCCC3)CC2)c2c1S/C(=C(\C(=C)C)C(=O)Nc1ccccc1)S2. The van der Waals surface area contributed by atoms with E-state index < -0.39 is 0 Å². The summed E-state index contributed by atoms with van der Waals surface area (Å²) in [4.78, 5) is 16.0. The third-order valence-electron chi connectivity index (χ3n) is 9.00. The van der Waals surface area contributed by atoms with E-state index >= 15 is 0 Å². The zero-order valence-corrected chi connectivity index (χ0v) is 25.6. The van der Waals surface area contributed by atoms with Gasteiger partial charge in [-0.15, -0.1) is 6.58 Å². The predicted molar refractivity (Wildman–Crippen MR) is 174 cm³/mol. The fourth-order valence-electron chi connectivity index (χ4n) is 6.80. The van der Waals surface area contributed by atoms with Gasteiger partial charge in [0.15, 0.2) is 0 Å². The molecule has 2 aromatic rings. The minimum absolute atomic E-state index is 0.104. The van der Waals surface area contributed by atoms with Crippen molar-refractivity contribution in [1.29, 1.82) is 0 Å². The number of benzene rings is 2. The van der Waals surface area contributed by atoms with E-state index in [2.05, 4.69) is 37.2 Å². The van der Waals surface area contributed by atoms with Gasteiger partial charge in [-0.2, -0.15) is 0 Å². The molecule has 0 atom stereocenters. The zero-order valence-electron chi connectivity index (χ0n) is 24.0. The summed E-state index contributed by atoms with van der Waals surface area (Å²) in [5.74, 6) is 2.44. The van der Waals surface area contributed by atoms with E-state index in [0.29, 0.717) is 11.5 Å². The Labute approximate surface area is 249 Å². The highest BCUT2D eigenvalue weighted by Crippen LogP contribution is 2.56. The van der Waals surface area contributed by atoms with Gasteiger partial charge < -0.3 is 5.32 Å². The average Bonchev–Trinajstić information content (AvgIpc) is 3.40. The van der Waals surface area contributed by atoms with Crippen LogP contribution in [0.4, 0.5) is 5.69 Å². The Bertz CT molecular complexity index is 1290. The second-order valence-corrected chi connectivity index (χ2v) is 14.1. The maximum Gasteiger partial charge on any atom is 0.257 e. The number of nitrogens with one attached hydrogen (secondary N) is 1. The lowest BCUT2D eigenvalue weighted by molar-refractivity contribution is -0.112. The molecule has 40 heavy (non-hydrogen) atoms. The Morgan fingerprint density at radius 1 is 0.875 bits per heavy atom. The van der Waals surface area contributed by atoms with Crippen molar-refractivity contribution in [2.45, 2.75) is 87.3 Å². The maximum absolute atomic E-state index is 13.4. The lowest BCUT2D eigenvalue weighted by Gasteiger charge is -2.36. The van der Waals surface area contributed by atoms with Crippen LogP contribution >= 0.6 is 23.5 Å². The van der Waals surface area contributed by atoms with Crippen LogP contribution in [0.2, 0.25) is 0 Å². The van der Waals surface area contributed by atoms with Crippen molar-refractivity contribution in [3.8, 4) is 0 Å².